The van der Waals surface area contributed by atoms with Crippen LogP contribution in [0.25, 0.3) is 0 Å². The largest absolute Gasteiger partial charge is 0.398 e. The summed E-state index contributed by atoms with van der Waals surface area (Å²) in [6.07, 6.45) is 9.05. The average Bonchev–Trinajstić information content (AvgIpc) is 2.29. The summed E-state index contributed by atoms with van der Waals surface area (Å²) in [5, 5.41) is 0. The van der Waals surface area contributed by atoms with Gasteiger partial charge in [-0.2, -0.15) is 0 Å². The zero-order valence-electron chi connectivity index (χ0n) is 8.43. The van der Waals surface area contributed by atoms with Gasteiger partial charge in [0.05, 0.1) is 0 Å². The molecule has 0 saturated carbocycles. The Balaban J connectivity index is 2.03. The highest BCUT2D eigenvalue weighted by Gasteiger charge is 1.99. The molecule has 2 aromatic rings. The van der Waals surface area contributed by atoms with Crippen LogP contribution in [0.4, 0.5) is 5.69 Å². The lowest BCUT2D eigenvalue weighted by atomic mass is 10.1. The summed E-state index contributed by atoms with van der Waals surface area (Å²) in [5.41, 5.74) is 8.96. The zero-order chi connectivity index (χ0) is 10.5. The fourth-order valence-electron chi connectivity index (χ4n) is 1.47. The van der Waals surface area contributed by atoms with Crippen LogP contribution in [-0.2, 0) is 12.8 Å². The van der Waals surface area contributed by atoms with Crippen LogP contribution in [0, 0.1) is 0 Å². The highest BCUT2D eigenvalue weighted by molar-refractivity contribution is 5.44. The number of nitrogens with two attached hydrogens (primary N) is 1. The van der Waals surface area contributed by atoms with Crippen LogP contribution in [0.1, 0.15) is 11.1 Å². The van der Waals surface area contributed by atoms with Crippen molar-refractivity contribution in [1.82, 2.24) is 9.97 Å². The van der Waals surface area contributed by atoms with Crippen LogP contribution in [0.5, 0.6) is 0 Å². The molecule has 0 aromatic carbocycles. The van der Waals surface area contributed by atoms with Crippen molar-refractivity contribution in [1.29, 1.82) is 0 Å². The topological polar surface area (TPSA) is 51.8 Å². The van der Waals surface area contributed by atoms with Crippen molar-refractivity contribution in [3.63, 3.8) is 0 Å². The highest BCUT2D eigenvalue weighted by atomic mass is 14.7. The molecule has 0 aliphatic carbocycles. The van der Waals surface area contributed by atoms with Crippen LogP contribution in [0.3, 0.4) is 0 Å². The monoisotopic (exact) mass is 199 g/mol. The Morgan fingerprint density at radius 2 is 1.87 bits per heavy atom. The Kier molecular flexibility index (Phi) is 2.93. The van der Waals surface area contributed by atoms with Crippen LogP contribution in [0.15, 0.2) is 43.0 Å². The first-order valence-electron chi connectivity index (χ1n) is 4.93. The van der Waals surface area contributed by atoms with E-state index in [2.05, 4.69) is 16.0 Å². The number of nitrogens with zero attached hydrogens (tertiary/aromatic N) is 2. The molecule has 2 heterocycles. The molecule has 0 saturated heterocycles. The third kappa shape index (κ3) is 2.53. The summed E-state index contributed by atoms with van der Waals surface area (Å²) < 4.78 is 0. The molecular weight excluding hydrogens is 186 g/mol. The number of nitrogen functional groups attached to an aromatic ring is 1. The second-order valence-corrected chi connectivity index (χ2v) is 3.44. The van der Waals surface area contributed by atoms with E-state index >= 15 is 0 Å². The normalized spacial score (nSPS) is 10.1. The molecule has 3 heteroatoms. The van der Waals surface area contributed by atoms with E-state index in [9.17, 15) is 0 Å². The van der Waals surface area contributed by atoms with Crippen LogP contribution in [-0.4, -0.2) is 9.97 Å². The Morgan fingerprint density at radius 3 is 2.60 bits per heavy atom. The fraction of sp³-hybridized carbons (Fsp3) is 0.167. The predicted octanol–water partition coefficient (Wildman–Crippen LogP) is 1.84. The third-order valence-corrected chi connectivity index (χ3v) is 2.35. The molecule has 0 radical (unpaired) electrons. The van der Waals surface area contributed by atoms with E-state index < -0.39 is 0 Å². The zero-order valence-corrected chi connectivity index (χ0v) is 8.43. The SMILES string of the molecule is Nc1ccncc1CCc1cccnc1. The van der Waals surface area contributed by atoms with E-state index in [4.69, 9.17) is 5.73 Å². The van der Waals surface area contributed by atoms with Gasteiger partial charge in [0, 0.05) is 30.5 Å². The van der Waals surface area contributed by atoms with Gasteiger partial charge in [0.15, 0.2) is 0 Å². The Labute approximate surface area is 89.0 Å². The number of pyridine rings is 2. The molecule has 0 aliphatic heterocycles. The smallest absolute Gasteiger partial charge is 0.0377 e. The maximum absolute atomic E-state index is 5.83. The number of aryl methyl sites for hydroxylation is 2. The molecule has 0 fully saturated rings. The third-order valence-electron chi connectivity index (χ3n) is 2.35. The summed E-state index contributed by atoms with van der Waals surface area (Å²) >= 11 is 0. The van der Waals surface area contributed by atoms with Gasteiger partial charge in [-0.1, -0.05) is 6.07 Å². The van der Waals surface area contributed by atoms with Gasteiger partial charge in [-0.25, -0.2) is 0 Å². The van der Waals surface area contributed by atoms with Crippen molar-refractivity contribution in [2.45, 2.75) is 12.8 Å². The van der Waals surface area contributed by atoms with Crippen molar-refractivity contribution in [3.8, 4) is 0 Å². The number of aromatic nitrogens is 2. The van der Waals surface area contributed by atoms with E-state index in [1.807, 2.05) is 24.5 Å². The van der Waals surface area contributed by atoms with Gasteiger partial charge >= 0.3 is 0 Å². The molecule has 3 nitrogen and oxygen atoms in total. The van der Waals surface area contributed by atoms with E-state index in [0.29, 0.717) is 0 Å². The summed E-state index contributed by atoms with van der Waals surface area (Å²) in [7, 11) is 0. The Bertz CT molecular complexity index is 426. The minimum atomic E-state index is 0.814. The summed E-state index contributed by atoms with van der Waals surface area (Å²) in [6.45, 7) is 0. The number of hydrogen-bond donors (Lipinski definition) is 1. The molecule has 2 rings (SSSR count). The molecule has 0 aliphatic rings. The molecule has 0 spiro atoms. The van der Waals surface area contributed by atoms with Gasteiger partial charge in [-0.05, 0) is 36.1 Å². The van der Waals surface area contributed by atoms with Crippen molar-refractivity contribution >= 4 is 5.69 Å². The second-order valence-electron chi connectivity index (χ2n) is 3.44. The Hall–Kier alpha value is -1.90. The van der Waals surface area contributed by atoms with E-state index in [0.717, 1.165) is 24.1 Å². The molecular formula is C12H13N3. The number of anilines is 1. The van der Waals surface area contributed by atoms with Crippen molar-refractivity contribution < 1.29 is 0 Å². The number of rotatable bonds is 3. The summed E-state index contributed by atoms with van der Waals surface area (Å²) in [5.74, 6) is 0. The predicted molar refractivity (Wildman–Crippen MR) is 60.3 cm³/mol. The average molecular weight is 199 g/mol. The maximum atomic E-state index is 5.83. The van der Waals surface area contributed by atoms with Gasteiger partial charge in [0.2, 0.25) is 0 Å². The summed E-state index contributed by atoms with van der Waals surface area (Å²) in [4.78, 5) is 8.13. The first kappa shape index (κ1) is 9.65. The standard InChI is InChI=1S/C12H13N3/c13-12-5-7-15-9-11(12)4-3-10-2-1-6-14-8-10/h1-2,5-9H,3-4H2,(H2,13,15). The van der Waals surface area contributed by atoms with E-state index in [1.165, 1.54) is 5.56 Å². The van der Waals surface area contributed by atoms with E-state index in [-0.39, 0.29) is 0 Å². The minimum Gasteiger partial charge on any atom is -0.398 e. The quantitative estimate of drug-likeness (QED) is 0.820. The molecule has 2 N–H and O–H groups in total. The first-order valence-corrected chi connectivity index (χ1v) is 4.93. The molecule has 0 amide bonds. The first-order chi connectivity index (χ1) is 7.36. The van der Waals surface area contributed by atoms with Crippen molar-refractivity contribution in [2.75, 3.05) is 5.73 Å². The minimum absolute atomic E-state index is 0.814. The van der Waals surface area contributed by atoms with Gasteiger partial charge in [0.25, 0.3) is 0 Å². The molecule has 0 bridgehead atoms. The molecule has 0 unspecified atom stereocenters. The van der Waals surface area contributed by atoms with Crippen LogP contribution in [0.2, 0.25) is 0 Å². The van der Waals surface area contributed by atoms with Crippen molar-refractivity contribution in [2.24, 2.45) is 0 Å². The highest BCUT2D eigenvalue weighted by Crippen LogP contribution is 2.11. The van der Waals surface area contributed by atoms with Crippen molar-refractivity contribution in [3.05, 3.63) is 54.1 Å². The number of hydrogen-bond acceptors (Lipinski definition) is 3. The lowest BCUT2D eigenvalue weighted by Crippen LogP contribution is -1.97. The van der Waals surface area contributed by atoms with Gasteiger partial charge in [-0.3, -0.25) is 9.97 Å². The molecule has 15 heavy (non-hydrogen) atoms. The van der Waals surface area contributed by atoms with Gasteiger partial charge in [0.1, 0.15) is 0 Å². The lowest BCUT2D eigenvalue weighted by molar-refractivity contribution is 0.943. The molecule has 0 atom stereocenters. The van der Waals surface area contributed by atoms with Crippen LogP contribution < -0.4 is 5.73 Å². The van der Waals surface area contributed by atoms with E-state index in [1.54, 1.807) is 12.4 Å². The Morgan fingerprint density at radius 1 is 1.00 bits per heavy atom. The molecule has 2 aromatic heterocycles. The van der Waals surface area contributed by atoms with Gasteiger partial charge < -0.3 is 5.73 Å². The fourth-order valence-corrected chi connectivity index (χ4v) is 1.47. The van der Waals surface area contributed by atoms with Crippen LogP contribution >= 0.6 is 0 Å². The lowest BCUT2D eigenvalue weighted by Gasteiger charge is -2.03. The summed E-state index contributed by atoms with van der Waals surface area (Å²) in [6, 6.07) is 5.85. The molecule has 76 valence electrons. The van der Waals surface area contributed by atoms with Gasteiger partial charge in [-0.15, -0.1) is 0 Å². The maximum Gasteiger partial charge on any atom is 0.0377 e. The second kappa shape index (κ2) is 4.55.